The maximum absolute atomic E-state index is 5.67. The van der Waals surface area contributed by atoms with Gasteiger partial charge in [-0.05, 0) is 30.4 Å². The van der Waals surface area contributed by atoms with Gasteiger partial charge < -0.3 is 9.73 Å². The van der Waals surface area contributed by atoms with Crippen LogP contribution in [0.15, 0.2) is 65.3 Å². The highest BCUT2D eigenvalue weighted by Gasteiger charge is 2.08. The van der Waals surface area contributed by atoms with E-state index in [-0.39, 0.29) is 0 Å². The predicted molar refractivity (Wildman–Crippen MR) is 97.9 cm³/mol. The molecule has 6 nitrogen and oxygen atoms in total. The Balaban J connectivity index is 1.45. The topological polar surface area (TPSA) is 78.8 Å². The third-order valence-corrected chi connectivity index (χ3v) is 3.69. The summed E-state index contributed by atoms with van der Waals surface area (Å²) in [7, 11) is 0. The average Bonchev–Trinajstić information content (AvgIpc) is 3.24. The molecule has 0 radical (unpaired) electrons. The largest absolute Gasteiger partial charge is 0.423 e. The number of hydrogen-bond acceptors (Lipinski definition) is 4. The van der Waals surface area contributed by atoms with Gasteiger partial charge in [0, 0.05) is 16.6 Å². The minimum atomic E-state index is 0.343. The molecule has 0 unspecified atom stereocenters. The lowest BCUT2D eigenvalue weighted by Gasteiger charge is -2.07. The number of hydrogen-bond donors (Lipinski definition) is 3. The molecule has 0 spiro atoms. The van der Waals surface area contributed by atoms with Gasteiger partial charge in [-0.2, -0.15) is 5.10 Å². The zero-order valence-electron chi connectivity index (χ0n) is 12.5. The Morgan fingerprint density at radius 3 is 2.79 bits per heavy atom. The quantitative estimate of drug-likeness (QED) is 0.491. The molecule has 4 rings (SSSR count). The number of anilines is 2. The smallest absolute Gasteiger partial charge is 0.301 e. The van der Waals surface area contributed by atoms with Gasteiger partial charge in [0.2, 0.25) is 0 Å². The zero-order valence-corrected chi connectivity index (χ0v) is 13.3. The van der Waals surface area contributed by atoms with Gasteiger partial charge in [-0.25, -0.2) is 4.98 Å². The van der Waals surface area contributed by atoms with Gasteiger partial charge in [-0.3, -0.25) is 10.4 Å². The Morgan fingerprint density at radius 2 is 1.92 bits per heavy atom. The van der Waals surface area contributed by atoms with Crippen LogP contribution in [-0.4, -0.2) is 20.3 Å². The number of H-pyrrole nitrogens is 1. The summed E-state index contributed by atoms with van der Waals surface area (Å²) >= 11 is 5.30. The van der Waals surface area contributed by atoms with Gasteiger partial charge >= 0.3 is 6.01 Å². The van der Waals surface area contributed by atoms with E-state index in [1.807, 2.05) is 48.5 Å². The average molecular weight is 335 g/mol. The Hall–Kier alpha value is -3.19. The molecule has 0 saturated carbocycles. The maximum atomic E-state index is 5.67. The van der Waals surface area contributed by atoms with Crippen LogP contribution in [0, 0.1) is 0 Å². The number of aromatic nitrogens is 3. The van der Waals surface area contributed by atoms with Crippen molar-refractivity contribution in [3.05, 3.63) is 60.9 Å². The highest BCUT2D eigenvalue weighted by molar-refractivity contribution is 7.80. The molecule has 0 atom stereocenters. The molecular formula is C17H13N5OS. The summed E-state index contributed by atoms with van der Waals surface area (Å²) in [6.45, 7) is 0. The Kier molecular flexibility index (Phi) is 3.68. The zero-order chi connectivity index (χ0) is 16.4. The van der Waals surface area contributed by atoms with E-state index < -0.39 is 0 Å². The summed E-state index contributed by atoms with van der Waals surface area (Å²) in [6.07, 6.45) is 3.43. The van der Waals surface area contributed by atoms with Crippen molar-refractivity contribution in [2.24, 2.45) is 0 Å². The molecule has 0 bridgehead atoms. The molecule has 118 valence electrons. The van der Waals surface area contributed by atoms with Crippen molar-refractivity contribution in [2.45, 2.75) is 0 Å². The van der Waals surface area contributed by atoms with E-state index >= 15 is 0 Å². The first-order chi connectivity index (χ1) is 11.8. The number of thiocarbonyl (C=S) groups is 1. The fourth-order valence-corrected chi connectivity index (χ4v) is 2.55. The first-order valence-electron chi connectivity index (χ1n) is 7.30. The Bertz CT molecular complexity index is 992. The SMILES string of the molecule is S=C(Nc1ccc2[nH]ncc2c1)Nc1ncc(-c2ccccc2)o1. The lowest BCUT2D eigenvalue weighted by atomic mass is 10.2. The minimum Gasteiger partial charge on any atom is -0.423 e. The molecule has 2 aromatic carbocycles. The molecule has 3 N–H and O–H groups in total. The van der Waals surface area contributed by atoms with Crippen LogP contribution in [0.4, 0.5) is 11.7 Å². The van der Waals surface area contributed by atoms with E-state index in [0.717, 1.165) is 22.2 Å². The van der Waals surface area contributed by atoms with Crippen LogP contribution < -0.4 is 10.6 Å². The second kappa shape index (κ2) is 6.13. The van der Waals surface area contributed by atoms with Crippen molar-refractivity contribution in [1.82, 2.24) is 15.2 Å². The van der Waals surface area contributed by atoms with Crippen molar-refractivity contribution in [3.63, 3.8) is 0 Å². The van der Waals surface area contributed by atoms with E-state index in [4.69, 9.17) is 16.6 Å². The highest BCUT2D eigenvalue weighted by Crippen LogP contribution is 2.22. The van der Waals surface area contributed by atoms with E-state index in [0.29, 0.717) is 16.9 Å². The van der Waals surface area contributed by atoms with Gasteiger partial charge in [-0.1, -0.05) is 30.3 Å². The fourth-order valence-electron chi connectivity index (χ4n) is 2.35. The number of benzene rings is 2. The molecule has 0 aliphatic heterocycles. The molecule has 0 fully saturated rings. The van der Waals surface area contributed by atoms with Gasteiger partial charge in [0.25, 0.3) is 0 Å². The Morgan fingerprint density at radius 1 is 1.04 bits per heavy atom. The minimum absolute atomic E-state index is 0.343. The number of nitrogens with one attached hydrogen (secondary N) is 3. The monoisotopic (exact) mass is 335 g/mol. The van der Waals surface area contributed by atoms with Crippen molar-refractivity contribution < 1.29 is 4.42 Å². The van der Waals surface area contributed by atoms with Gasteiger partial charge in [-0.15, -0.1) is 0 Å². The fraction of sp³-hybridized carbons (Fsp3) is 0. The standard InChI is InChI=1S/C17H13N5OS/c24-17(20-13-6-7-14-12(8-13)9-19-22-14)21-16-18-10-15(23-16)11-4-2-1-3-5-11/h1-10H,(H,19,22)(H2,18,20,21,24). The predicted octanol–water partition coefficient (Wildman–Crippen LogP) is 4.03. The van der Waals surface area contributed by atoms with Crippen LogP contribution in [0.5, 0.6) is 0 Å². The van der Waals surface area contributed by atoms with Crippen LogP contribution >= 0.6 is 12.2 Å². The van der Waals surface area contributed by atoms with Gasteiger partial charge in [0.05, 0.1) is 17.9 Å². The van der Waals surface area contributed by atoms with E-state index in [9.17, 15) is 0 Å². The Labute approximate surface area is 142 Å². The number of oxazole rings is 1. The van der Waals surface area contributed by atoms with Gasteiger partial charge in [0.15, 0.2) is 10.9 Å². The highest BCUT2D eigenvalue weighted by atomic mass is 32.1. The second-order valence-electron chi connectivity index (χ2n) is 5.15. The summed E-state index contributed by atoms with van der Waals surface area (Å²) < 4.78 is 5.67. The summed E-state index contributed by atoms with van der Waals surface area (Å²) in [6, 6.07) is 15.9. The van der Waals surface area contributed by atoms with E-state index in [1.54, 1.807) is 12.4 Å². The number of fused-ring (bicyclic) bond motifs is 1. The second-order valence-corrected chi connectivity index (χ2v) is 5.56. The number of nitrogens with zero attached hydrogens (tertiary/aromatic N) is 2. The van der Waals surface area contributed by atoms with Crippen molar-refractivity contribution in [2.75, 3.05) is 10.6 Å². The van der Waals surface area contributed by atoms with E-state index in [2.05, 4.69) is 25.8 Å². The normalized spacial score (nSPS) is 10.7. The molecular weight excluding hydrogens is 322 g/mol. The van der Waals surface area contributed by atoms with Crippen LogP contribution in [0.2, 0.25) is 0 Å². The molecule has 7 heteroatoms. The van der Waals surface area contributed by atoms with Crippen molar-refractivity contribution in [3.8, 4) is 11.3 Å². The lowest BCUT2D eigenvalue weighted by Crippen LogP contribution is -2.19. The van der Waals surface area contributed by atoms with Crippen molar-refractivity contribution in [1.29, 1.82) is 0 Å². The molecule has 4 aromatic rings. The molecule has 0 aliphatic carbocycles. The summed E-state index contributed by atoms with van der Waals surface area (Å²) in [5.74, 6) is 0.681. The molecule has 2 aromatic heterocycles. The summed E-state index contributed by atoms with van der Waals surface area (Å²) in [4.78, 5) is 4.20. The summed E-state index contributed by atoms with van der Waals surface area (Å²) in [5, 5.41) is 14.4. The van der Waals surface area contributed by atoms with Crippen LogP contribution in [0.1, 0.15) is 0 Å². The third-order valence-electron chi connectivity index (χ3n) is 3.48. The third kappa shape index (κ3) is 2.97. The molecule has 24 heavy (non-hydrogen) atoms. The molecule has 2 heterocycles. The molecule has 0 aliphatic rings. The number of rotatable bonds is 3. The van der Waals surface area contributed by atoms with Crippen LogP contribution in [0.25, 0.3) is 22.2 Å². The molecule has 0 amide bonds. The first kappa shape index (κ1) is 14.4. The lowest BCUT2D eigenvalue weighted by molar-refractivity contribution is 0.593. The summed E-state index contributed by atoms with van der Waals surface area (Å²) in [5.41, 5.74) is 2.79. The van der Waals surface area contributed by atoms with Crippen LogP contribution in [0.3, 0.4) is 0 Å². The van der Waals surface area contributed by atoms with E-state index in [1.165, 1.54) is 0 Å². The maximum Gasteiger partial charge on any atom is 0.301 e. The molecule has 0 saturated heterocycles. The van der Waals surface area contributed by atoms with Crippen LogP contribution in [-0.2, 0) is 0 Å². The number of aromatic amines is 1. The van der Waals surface area contributed by atoms with Crippen molar-refractivity contribution >= 4 is 39.9 Å². The first-order valence-corrected chi connectivity index (χ1v) is 7.71. The van der Waals surface area contributed by atoms with Gasteiger partial charge in [0.1, 0.15) is 0 Å².